The molecule has 0 saturated heterocycles. The molecule has 0 aromatic heterocycles. The van der Waals surface area contributed by atoms with Gasteiger partial charge in [-0.15, -0.1) is 0 Å². The van der Waals surface area contributed by atoms with Crippen molar-refractivity contribution in [1.29, 1.82) is 0 Å². The Hall–Kier alpha value is -0.586. The second-order valence-corrected chi connectivity index (χ2v) is 12.1. The fraction of sp³-hybridized carbons (Fsp3) is 0.625. The van der Waals surface area contributed by atoms with Gasteiger partial charge in [0.15, 0.2) is 0 Å². The average molecular weight is 375 g/mol. The van der Waals surface area contributed by atoms with E-state index in [1.54, 1.807) is 42.7 Å². The van der Waals surface area contributed by atoms with Crippen molar-refractivity contribution < 1.29 is 26.6 Å². The van der Waals surface area contributed by atoms with E-state index in [1.807, 2.05) is 0 Å². The van der Waals surface area contributed by atoms with Gasteiger partial charge in [-0.25, -0.2) is 0 Å². The normalized spacial score (nSPS) is 15.3. The minimum Gasteiger partial charge on any atom is -0.376 e. The van der Waals surface area contributed by atoms with Crippen LogP contribution in [0.3, 0.4) is 0 Å². The number of rotatable bonds is 10. The summed E-state index contributed by atoms with van der Waals surface area (Å²) >= 11 is 0. The zero-order chi connectivity index (χ0) is 18.4. The molecule has 0 amide bonds. The maximum atomic E-state index is 5.58. The van der Waals surface area contributed by atoms with Gasteiger partial charge in [0.2, 0.25) is 0 Å². The lowest BCUT2D eigenvalue weighted by Gasteiger charge is -2.32. The monoisotopic (exact) mass is 374 g/mol. The standard InChI is InChI=1S/C16H30O6Si2/c1-13(23(17-3,18-4)19-5)15-9-11-16(12-10-15)14(2)24(20-6,21-7)22-8/h9-14H,1-8H3/t13-,14-/m0/s1. The van der Waals surface area contributed by atoms with Crippen LogP contribution in [0.5, 0.6) is 0 Å². The molecule has 1 rings (SSSR count). The van der Waals surface area contributed by atoms with Gasteiger partial charge >= 0.3 is 17.6 Å². The number of hydrogen-bond donors (Lipinski definition) is 0. The Morgan fingerprint density at radius 3 is 0.917 bits per heavy atom. The molecule has 24 heavy (non-hydrogen) atoms. The molecular formula is C16H30O6Si2. The highest BCUT2D eigenvalue weighted by molar-refractivity contribution is 6.62. The van der Waals surface area contributed by atoms with Crippen LogP contribution in [0.25, 0.3) is 0 Å². The Morgan fingerprint density at radius 2 is 0.750 bits per heavy atom. The molecule has 0 spiro atoms. The summed E-state index contributed by atoms with van der Waals surface area (Å²) in [6.45, 7) is 4.11. The van der Waals surface area contributed by atoms with Crippen LogP contribution in [0.4, 0.5) is 0 Å². The molecule has 138 valence electrons. The summed E-state index contributed by atoms with van der Waals surface area (Å²) in [6.07, 6.45) is 0. The highest BCUT2D eigenvalue weighted by Crippen LogP contribution is 2.32. The van der Waals surface area contributed by atoms with E-state index in [9.17, 15) is 0 Å². The molecule has 0 aliphatic rings. The quantitative estimate of drug-likeness (QED) is 0.587. The summed E-state index contributed by atoms with van der Waals surface area (Å²) in [5, 5.41) is 0. The van der Waals surface area contributed by atoms with E-state index in [4.69, 9.17) is 26.6 Å². The Morgan fingerprint density at radius 1 is 0.542 bits per heavy atom. The Balaban J connectivity index is 3.08. The summed E-state index contributed by atoms with van der Waals surface area (Å²) in [6, 6.07) is 8.26. The van der Waals surface area contributed by atoms with Crippen molar-refractivity contribution >= 4 is 17.6 Å². The van der Waals surface area contributed by atoms with E-state index < -0.39 is 17.6 Å². The lowest BCUT2D eigenvalue weighted by atomic mass is 10.1. The van der Waals surface area contributed by atoms with Crippen LogP contribution in [-0.4, -0.2) is 60.3 Å². The molecule has 0 N–H and O–H groups in total. The fourth-order valence-corrected chi connectivity index (χ4v) is 7.36. The molecular weight excluding hydrogens is 344 g/mol. The minimum absolute atomic E-state index is 0.0242. The molecule has 8 heteroatoms. The molecule has 0 saturated carbocycles. The molecule has 6 nitrogen and oxygen atoms in total. The number of hydrogen-bond acceptors (Lipinski definition) is 6. The fourth-order valence-electron chi connectivity index (χ4n) is 3.04. The van der Waals surface area contributed by atoms with Crippen molar-refractivity contribution in [3.05, 3.63) is 35.4 Å². The van der Waals surface area contributed by atoms with Gasteiger partial charge in [-0.2, -0.15) is 0 Å². The third-order valence-electron chi connectivity index (χ3n) is 4.70. The summed E-state index contributed by atoms with van der Waals surface area (Å²) in [5.41, 5.74) is 2.25. The van der Waals surface area contributed by atoms with Crippen molar-refractivity contribution in [1.82, 2.24) is 0 Å². The Bertz CT molecular complexity index is 426. The SMILES string of the molecule is CO[Si](OC)(OC)[C@@H](C)c1ccc([C@H](C)[Si](OC)(OC)OC)cc1. The first-order valence-electron chi connectivity index (χ1n) is 7.81. The molecule has 0 heterocycles. The molecule has 0 fully saturated rings. The zero-order valence-corrected chi connectivity index (χ0v) is 17.9. The summed E-state index contributed by atoms with van der Waals surface area (Å²) in [7, 11) is 4.30. The van der Waals surface area contributed by atoms with E-state index >= 15 is 0 Å². The third-order valence-corrected chi connectivity index (χ3v) is 10.9. The molecule has 0 bridgehead atoms. The first-order valence-corrected chi connectivity index (χ1v) is 11.4. The van der Waals surface area contributed by atoms with Crippen LogP contribution in [-0.2, 0) is 26.6 Å². The minimum atomic E-state index is -2.73. The van der Waals surface area contributed by atoms with Crippen molar-refractivity contribution in [3.63, 3.8) is 0 Å². The number of benzene rings is 1. The molecule has 0 unspecified atom stereocenters. The maximum Gasteiger partial charge on any atom is 0.507 e. The second-order valence-electron chi connectivity index (χ2n) is 5.54. The second kappa shape index (κ2) is 9.21. The van der Waals surface area contributed by atoms with Gasteiger partial charge in [0.25, 0.3) is 0 Å². The van der Waals surface area contributed by atoms with E-state index in [-0.39, 0.29) is 11.1 Å². The van der Waals surface area contributed by atoms with E-state index in [2.05, 4.69) is 38.1 Å². The first-order chi connectivity index (χ1) is 11.4. The average Bonchev–Trinajstić information content (AvgIpc) is 2.65. The van der Waals surface area contributed by atoms with Gasteiger partial charge in [0, 0.05) is 42.7 Å². The third kappa shape index (κ3) is 3.97. The van der Waals surface area contributed by atoms with Crippen molar-refractivity contribution in [3.8, 4) is 0 Å². The van der Waals surface area contributed by atoms with E-state index in [0.717, 1.165) is 11.1 Å². The van der Waals surface area contributed by atoms with Gasteiger partial charge in [0.1, 0.15) is 0 Å². The van der Waals surface area contributed by atoms with Gasteiger partial charge in [-0.05, 0) is 11.1 Å². The predicted octanol–water partition coefficient (Wildman–Crippen LogP) is 2.73. The first kappa shape index (κ1) is 21.5. The van der Waals surface area contributed by atoms with E-state index in [0.29, 0.717) is 0 Å². The van der Waals surface area contributed by atoms with Gasteiger partial charge in [-0.1, -0.05) is 38.1 Å². The highest BCUT2D eigenvalue weighted by Gasteiger charge is 2.47. The van der Waals surface area contributed by atoms with Crippen molar-refractivity contribution in [2.75, 3.05) is 42.7 Å². The van der Waals surface area contributed by atoms with Gasteiger partial charge in [0.05, 0.1) is 11.1 Å². The zero-order valence-electron chi connectivity index (χ0n) is 15.9. The van der Waals surface area contributed by atoms with Crippen LogP contribution in [0.15, 0.2) is 24.3 Å². The van der Waals surface area contributed by atoms with Crippen LogP contribution >= 0.6 is 0 Å². The summed E-state index contributed by atoms with van der Waals surface area (Å²) in [5.74, 6) is 0. The molecule has 0 aliphatic carbocycles. The van der Waals surface area contributed by atoms with Crippen LogP contribution in [0.2, 0.25) is 0 Å². The van der Waals surface area contributed by atoms with Crippen LogP contribution in [0.1, 0.15) is 36.1 Å². The largest absolute Gasteiger partial charge is 0.507 e. The molecule has 1 aromatic carbocycles. The van der Waals surface area contributed by atoms with Crippen molar-refractivity contribution in [2.45, 2.75) is 24.9 Å². The molecule has 1 aromatic rings. The Labute approximate surface area is 147 Å². The topological polar surface area (TPSA) is 55.4 Å². The van der Waals surface area contributed by atoms with Crippen LogP contribution in [0, 0.1) is 0 Å². The summed E-state index contributed by atoms with van der Waals surface area (Å²) < 4.78 is 33.5. The van der Waals surface area contributed by atoms with Crippen molar-refractivity contribution in [2.24, 2.45) is 0 Å². The predicted molar refractivity (Wildman–Crippen MR) is 96.8 cm³/mol. The van der Waals surface area contributed by atoms with Crippen LogP contribution < -0.4 is 0 Å². The molecule has 0 aliphatic heterocycles. The lowest BCUT2D eigenvalue weighted by molar-refractivity contribution is 0.113. The summed E-state index contributed by atoms with van der Waals surface area (Å²) in [4.78, 5) is 0. The molecule has 2 atom stereocenters. The molecule has 0 radical (unpaired) electrons. The Kier molecular flexibility index (Phi) is 8.23. The van der Waals surface area contributed by atoms with E-state index in [1.165, 1.54) is 0 Å². The van der Waals surface area contributed by atoms with Gasteiger partial charge in [-0.3, -0.25) is 0 Å². The lowest BCUT2D eigenvalue weighted by Crippen LogP contribution is -2.48. The van der Waals surface area contributed by atoms with Gasteiger partial charge < -0.3 is 26.6 Å². The highest BCUT2D eigenvalue weighted by atomic mass is 28.4. The maximum absolute atomic E-state index is 5.58. The smallest absolute Gasteiger partial charge is 0.376 e.